The molecule has 0 aliphatic carbocycles. The van der Waals surface area contributed by atoms with E-state index in [1.807, 2.05) is 0 Å². The fourth-order valence-electron chi connectivity index (χ4n) is 0. The predicted molar refractivity (Wildman–Crippen MR) is 27.5 cm³/mol. The summed E-state index contributed by atoms with van der Waals surface area (Å²) in [5.41, 5.74) is 0. The van der Waals surface area contributed by atoms with Gasteiger partial charge in [-0.25, -0.2) is 4.57 Å². The van der Waals surface area contributed by atoms with Crippen molar-refractivity contribution >= 4 is 65.2 Å². The van der Waals surface area contributed by atoms with Gasteiger partial charge in [-0.05, 0) is 0 Å². The van der Waals surface area contributed by atoms with Crippen LogP contribution in [0.2, 0.25) is 0 Å². The van der Waals surface area contributed by atoms with Crippen LogP contribution in [0.4, 0.5) is 0 Å². The zero-order valence-corrected chi connectivity index (χ0v) is 4.19. The van der Waals surface area contributed by atoms with E-state index in [1.165, 1.54) is 0 Å². The average molecular weight is 222 g/mol. The zero-order chi connectivity index (χ0) is 5.21. The van der Waals surface area contributed by atoms with Gasteiger partial charge >= 0.3 is 53.3 Å². The first-order valence-corrected chi connectivity index (χ1v) is 2.76. The number of hydrogen-bond donors (Lipinski definition) is 2. The molecule has 0 aliphatic heterocycles. The Hall–Kier alpha value is 1.88. The molecule has 7 heteroatoms. The summed E-state index contributed by atoms with van der Waals surface area (Å²) in [7, 11) is -4.38. The summed E-state index contributed by atoms with van der Waals surface area (Å²) in [5, 5.41) is 0. The fraction of sp³-hybridized carbons (Fsp3) is 0. The summed E-state index contributed by atoms with van der Waals surface area (Å²) in [4.78, 5) is 15.2. The van der Waals surface area contributed by atoms with Gasteiger partial charge in [0.1, 0.15) is 0 Å². The van der Waals surface area contributed by atoms with Gasteiger partial charge in [0.05, 0.1) is 11.9 Å². The van der Waals surface area contributed by atoms with Crippen molar-refractivity contribution in [2.45, 2.75) is 0 Å². The Balaban J connectivity index is 0. The van der Waals surface area contributed by atoms with Crippen LogP contribution < -0.4 is 0 Å². The second-order valence-corrected chi connectivity index (χ2v) is 2.09. The predicted octanol–water partition coefficient (Wildman–Crippen LogP) is -0.667. The first kappa shape index (κ1) is 11.6. The van der Waals surface area contributed by atoms with Crippen molar-refractivity contribution in [1.29, 1.82) is 0 Å². The molecule has 0 spiro atoms. The first-order chi connectivity index (χ1) is 2.56. The third-order valence-corrected chi connectivity index (χ3v) is 0.809. The molecule has 42 valence electrons. The van der Waals surface area contributed by atoms with Crippen LogP contribution in [-0.2, 0) is 8.64 Å². The van der Waals surface area contributed by atoms with Gasteiger partial charge in [0, 0.05) is 0 Å². The first-order valence-electron chi connectivity index (χ1n) is 0.919. The SMILES string of the molecule is O=P(O)(O)OCl.[SrH2]. The minimum absolute atomic E-state index is 0. The third-order valence-electron chi connectivity index (χ3n) is 0.0899. The molecular weight excluding hydrogens is 218 g/mol. The van der Waals surface area contributed by atoms with E-state index in [1.54, 1.807) is 0 Å². The molecule has 2 N–H and O–H groups in total. The summed E-state index contributed by atoms with van der Waals surface area (Å²) >= 11 is 4.21. The Morgan fingerprint density at radius 2 is 1.71 bits per heavy atom. The van der Waals surface area contributed by atoms with E-state index in [9.17, 15) is 4.57 Å². The molecule has 0 radical (unpaired) electrons. The van der Waals surface area contributed by atoms with Crippen molar-refractivity contribution in [3.05, 3.63) is 0 Å². The van der Waals surface area contributed by atoms with Gasteiger partial charge in [-0.15, -0.1) is 0 Å². The Labute approximate surface area is 82.5 Å². The molecule has 0 unspecified atom stereocenters. The quantitative estimate of drug-likeness (QED) is 0.456. The van der Waals surface area contributed by atoms with E-state index in [0.29, 0.717) is 0 Å². The molecule has 0 saturated heterocycles. The van der Waals surface area contributed by atoms with Gasteiger partial charge in [-0.1, -0.05) is 0 Å². The van der Waals surface area contributed by atoms with Crippen LogP contribution in [-0.4, -0.2) is 55.3 Å². The maximum atomic E-state index is 9.34. The van der Waals surface area contributed by atoms with Gasteiger partial charge in [0.15, 0.2) is 0 Å². The summed E-state index contributed by atoms with van der Waals surface area (Å²) in [6.45, 7) is 0. The van der Waals surface area contributed by atoms with Crippen LogP contribution in [0.25, 0.3) is 0 Å². The number of halogens is 1. The van der Waals surface area contributed by atoms with Crippen molar-refractivity contribution in [2.24, 2.45) is 0 Å². The average Bonchev–Trinajstić information content (AvgIpc) is 1.35. The maximum absolute atomic E-state index is 9.34. The van der Waals surface area contributed by atoms with E-state index in [2.05, 4.69) is 15.9 Å². The molecule has 0 aromatic heterocycles. The van der Waals surface area contributed by atoms with Crippen molar-refractivity contribution in [2.75, 3.05) is 0 Å². The topological polar surface area (TPSA) is 66.8 Å². The minimum atomic E-state index is -4.38. The Morgan fingerprint density at radius 3 is 1.71 bits per heavy atom. The van der Waals surface area contributed by atoms with E-state index in [-0.39, 0.29) is 45.5 Å². The Bertz CT molecular complexity index is 75.8. The molecule has 0 saturated carbocycles. The van der Waals surface area contributed by atoms with Gasteiger partial charge in [-0.3, -0.25) is 0 Å². The molecular formula is H4ClO4PSr. The molecule has 7 heavy (non-hydrogen) atoms. The van der Waals surface area contributed by atoms with E-state index < -0.39 is 7.82 Å². The summed E-state index contributed by atoms with van der Waals surface area (Å²) in [6, 6.07) is 0. The van der Waals surface area contributed by atoms with E-state index >= 15 is 0 Å². The van der Waals surface area contributed by atoms with Crippen molar-refractivity contribution in [1.82, 2.24) is 0 Å². The van der Waals surface area contributed by atoms with Crippen LogP contribution in [0, 0.1) is 0 Å². The molecule has 0 rings (SSSR count). The fourth-order valence-corrected chi connectivity index (χ4v) is 0. The van der Waals surface area contributed by atoms with Crippen molar-refractivity contribution in [3.8, 4) is 0 Å². The molecule has 0 amide bonds. The summed E-state index contributed by atoms with van der Waals surface area (Å²) in [5.74, 6) is 0. The number of phosphoric acid groups is 1. The Morgan fingerprint density at radius 1 is 1.57 bits per heavy atom. The second kappa shape index (κ2) is 4.73. The van der Waals surface area contributed by atoms with Crippen molar-refractivity contribution < 1.29 is 18.4 Å². The van der Waals surface area contributed by atoms with Gasteiger partial charge in [-0.2, -0.15) is 4.08 Å². The molecule has 0 aromatic rings. The monoisotopic (exact) mass is 222 g/mol. The Kier molecular flexibility index (Phi) is 7.87. The standard InChI is InChI=1S/ClH2O4P.Sr.2H/c1-5-6(2,3)4;;;/h(H2,2,3,4);;;. The number of hydrogen-bond acceptors (Lipinski definition) is 2. The molecule has 0 fully saturated rings. The van der Waals surface area contributed by atoms with E-state index in [4.69, 9.17) is 9.79 Å². The number of rotatable bonds is 1. The molecule has 4 nitrogen and oxygen atoms in total. The third kappa shape index (κ3) is 11.4. The van der Waals surface area contributed by atoms with Crippen LogP contribution in [0.15, 0.2) is 0 Å². The molecule has 0 bridgehead atoms. The molecule has 0 atom stereocenters. The second-order valence-electron chi connectivity index (χ2n) is 0.560. The zero-order valence-electron chi connectivity index (χ0n) is 2.54. The summed E-state index contributed by atoms with van der Waals surface area (Å²) < 4.78 is 12.4. The van der Waals surface area contributed by atoms with E-state index in [0.717, 1.165) is 0 Å². The van der Waals surface area contributed by atoms with Crippen LogP contribution >= 0.6 is 19.7 Å². The van der Waals surface area contributed by atoms with Gasteiger partial charge in [0.25, 0.3) is 0 Å². The summed E-state index contributed by atoms with van der Waals surface area (Å²) in [6.07, 6.45) is 0. The molecule has 0 aromatic carbocycles. The van der Waals surface area contributed by atoms with Crippen LogP contribution in [0.5, 0.6) is 0 Å². The van der Waals surface area contributed by atoms with Gasteiger partial charge in [0.2, 0.25) is 0 Å². The van der Waals surface area contributed by atoms with Crippen LogP contribution in [0.3, 0.4) is 0 Å². The molecule has 0 heterocycles. The molecule has 0 aliphatic rings. The van der Waals surface area contributed by atoms with Gasteiger partial charge < -0.3 is 9.79 Å². The normalized spacial score (nSPS) is 10.1. The van der Waals surface area contributed by atoms with Crippen molar-refractivity contribution in [3.63, 3.8) is 0 Å². The van der Waals surface area contributed by atoms with Crippen LogP contribution in [0.1, 0.15) is 0 Å².